The number of rotatable bonds is 5. The standard InChI is InChI=1S/C18H19N5S/c1-12-8-9-15(13(2)10-12)24-11-16-21-17(19)23-18(22-16)20-14-6-4-3-5-7-14/h3-10H,11H2,1-2H3,(H3,19,20,21,22,23). The molecule has 0 fully saturated rings. The number of hydrogen-bond acceptors (Lipinski definition) is 6. The number of nitrogens with one attached hydrogen (secondary N) is 1. The van der Waals surface area contributed by atoms with Crippen LogP contribution in [0.2, 0.25) is 0 Å². The molecule has 0 atom stereocenters. The first-order valence-electron chi connectivity index (χ1n) is 7.63. The number of aromatic nitrogens is 3. The van der Waals surface area contributed by atoms with Gasteiger partial charge in [-0.15, -0.1) is 11.8 Å². The molecule has 0 saturated heterocycles. The van der Waals surface area contributed by atoms with Crippen LogP contribution in [0.3, 0.4) is 0 Å². The number of benzene rings is 2. The summed E-state index contributed by atoms with van der Waals surface area (Å²) in [5, 5.41) is 3.15. The molecule has 0 unspecified atom stereocenters. The van der Waals surface area contributed by atoms with Gasteiger partial charge in [-0.25, -0.2) is 0 Å². The smallest absolute Gasteiger partial charge is 0.232 e. The van der Waals surface area contributed by atoms with E-state index in [1.165, 1.54) is 16.0 Å². The van der Waals surface area contributed by atoms with Crippen LogP contribution in [0.25, 0.3) is 0 Å². The Morgan fingerprint density at radius 1 is 1.00 bits per heavy atom. The number of nitrogen functional groups attached to an aromatic ring is 1. The molecule has 1 aromatic heterocycles. The summed E-state index contributed by atoms with van der Waals surface area (Å²) in [7, 11) is 0. The summed E-state index contributed by atoms with van der Waals surface area (Å²) in [6.07, 6.45) is 0. The topological polar surface area (TPSA) is 76.7 Å². The highest BCUT2D eigenvalue weighted by Gasteiger charge is 2.07. The largest absolute Gasteiger partial charge is 0.368 e. The SMILES string of the molecule is Cc1ccc(SCc2nc(N)nc(Nc3ccccc3)n2)c(C)c1. The molecule has 1 heterocycles. The number of thioether (sulfide) groups is 1. The van der Waals surface area contributed by atoms with Crippen molar-refractivity contribution in [2.24, 2.45) is 0 Å². The summed E-state index contributed by atoms with van der Waals surface area (Å²) in [5.41, 5.74) is 9.25. The number of nitrogens with zero attached hydrogens (tertiary/aromatic N) is 3. The zero-order chi connectivity index (χ0) is 16.9. The minimum absolute atomic E-state index is 0.222. The molecule has 2 aromatic carbocycles. The Morgan fingerprint density at radius 2 is 1.79 bits per heavy atom. The molecule has 5 nitrogen and oxygen atoms in total. The van der Waals surface area contributed by atoms with Gasteiger partial charge >= 0.3 is 0 Å². The van der Waals surface area contributed by atoms with Crippen LogP contribution in [0, 0.1) is 13.8 Å². The molecular formula is C18H19N5S. The second-order valence-corrected chi connectivity index (χ2v) is 6.50. The third-order valence-electron chi connectivity index (χ3n) is 3.42. The summed E-state index contributed by atoms with van der Waals surface area (Å²) in [4.78, 5) is 14.1. The molecule has 24 heavy (non-hydrogen) atoms. The van der Waals surface area contributed by atoms with E-state index in [-0.39, 0.29) is 5.95 Å². The van der Waals surface area contributed by atoms with E-state index in [0.717, 1.165) is 5.69 Å². The molecule has 3 aromatic rings. The van der Waals surface area contributed by atoms with Crippen molar-refractivity contribution in [3.63, 3.8) is 0 Å². The summed E-state index contributed by atoms with van der Waals surface area (Å²) in [6, 6.07) is 16.2. The quantitative estimate of drug-likeness (QED) is 0.682. The first kappa shape index (κ1) is 16.3. The minimum atomic E-state index is 0.222. The van der Waals surface area contributed by atoms with E-state index < -0.39 is 0 Å². The van der Waals surface area contributed by atoms with Gasteiger partial charge < -0.3 is 11.1 Å². The van der Waals surface area contributed by atoms with Crippen LogP contribution < -0.4 is 11.1 Å². The fourth-order valence-corrected chi connectivity index (χ4v) is 3.18. The predicted molar refractivity (Wildman–Crippen MR) is 99.4 cm³/mol. The van der Waals surface area contributed by atoms with E-state index in [1.807, 2.05) is 30.3 Å². The third-order valence-corrected chi connectivity index (χ3v) is 4.59. The molecule has 0 radical (unpaired) electrons. The van der Waals surface area contributed by atoms with E-state index in [9.17, 15) is 0 Å². The van der Waals surface area contributed by atoms with Gasteiger partial charge in [0, 0.05) is 10.6 Å². The molecule has 6 heteroatoms. The highest BCUT2D eigenvalue weighted by molar-refractivity contribution is 7.98. The van der Waals surface area contributed by atoms with Crippen molar-refractivity contribution < 1.29 is 0 Å². The van der Waals surface area contributed by atoms with Crippen molar-refractivity contribution in [1.82, 2.24) is 15.0 Å². The number of hydrogen-bond donors (Lipinski definition) is 2. The van der Waals surface area contributed by atoms with Gasteiger partial charge in [-0.1, -0.05) is 35.9 Å². The number of anilines is 3. The Balaban J connectivity index is 1.74. The molecule has 122 valence electrons. The van der Waals surface area contributed by atoms with Crippen LogP contribution in [0.4, 0.5) is 17.6 Å². The highest BCUT2D eigenvalue weighted by Crippen LogP contribution is 2.26. The molecule has 3 rings (SSSR count). The molecule has 3 N–H and O–H groups in total. The Kier molecular flexibility index (Phi) is 4.96. The van der Waals surface area contributed by atoms with E-state index in [4.69, 9.17) is 5.73 Å². The van der Waals surface area contributed by atoms with Gasteiger partial charge in [-0.05, 0) is 37.6 Å². The number of para-hydroxylation sites is 1. The Morgan fingerprint density at radius 3 is 2.54 bits per heavy atom. The summed E-state index contributed by atoms with van der Waals surface area (Å²) in [6.45, 7) is 4.20. The van der Waals surface area contributed by atoms with Crippen molar-refractivity contribution in [2.75, 3.05) is 11.1 Å². The normalized spacial score (nSPS) is 10.6. The first-order chi connectivity index (χ1) is 11.6. The lowest BCUT2D eigenvalue weighted by molar-refractivity contribution is 0.981. The van der Waals surface area contributed by atoms with E-state index in [1.54, 1.807) is 11.8 Å². The Labute approximate surface area is 145 Å². The highest BCUT2D eigenvalue weighted by atomic mass is 32.2. The molecule has 0 aliphatic heterocycles. The van der Waals surface area contributed by atoms with Gasteiger partial charge in [0.05, 0.1) is 5.75 Å². The van der Waals surface area contributed by atoms with Crippen LogP contribution >= 0.6 is 11.8 Å². The molecule has 0 aliphatic carbocycles. The average molecular weight is 337 g/mol. The maximum absolute atomic E-state index is 5.82. The molecule has 0 saturated carbocycles. The maximum atomic E-state index is 5.82. The second kappa shape index (κ2) is 7.31. The lowest BCUT2D eigenvalue weighted by Gasteiger charge is -2.08. The minimum Gasteiger partial charge on any atom is -0.368 e. The molecular weight excluding hydrogens is 318 g/mol. The molecule has 0 aliphatic rings. The van der Waals surface area contributed by atoms with E-state index in [2.05, 4.69) is 52.3 Å². The zero-order valence-corrected chi connectivity index (χ0v) is 14.5. The van der Waals surface area contributed by atoms with Crippen molar-refractivity contribution in [3.05, 3.63) is 65.5 Å². The van der Waals surface area contributed by atoms with Crippen LogP contribution in [-0.4, -0.2) is 15.0 Å². The molecule has 0 bridgehead atoms. The van der Waals surface area contributed by atoms with Crippen LogP contribution in [-0.2, 0) is 5.75 Å². The van der Waals surface area contributed by atoms with Gasteiger partial charge in [0.1, 0.15) is 5.82 Å². The number of nitrogens with two attached hydrogens (primary N) is 1. The number of aryl methyl sites for hydroxylation is 2. The van der Waals surface area contributed by atoms with Crippen molar-refractivity contribution in [3.8, 4) is 0 Å². The van der Waals surface area contributed by atoms with Crippen molar-refractivity contribution >= 4 is 29.3 Å². The summed E-state index contributed by atoms with van der Waals surface area (Å²) >= 11 is 1.70. The van der Waals surface area contributed by atoms with Gasteiger partial charge in [0.15, 0.2) is 0 Å². The lowest BCUT2D eigenvalue weighted by atomic mass is 10.2. The third kappa shape index (κ3) is 4.23. The monoisotopic (exact) mass is 337 g/mol. The molecule has 0 spiro atoms. The van der Waals surface area contributed by atoms with E-state index >= 15 is 0 Å². The second-order valence-electron chi connectivity index (χ2n) is 5.48. The lowest BCUT2D eigenvalue weighted by Crippen LogP contribution is -2.06. The molecule has 0 amide bonds. The Bertz CT molecular complexity index is 836. The van der Waals surface area contributed by atoms with Crippen molar-refractivity contribution in [1.29, 1.82) is 0 Å². The fourth-order valence-electron chi connectivity index (χ4n) is 2.31. The first-order valence-corrected chi connectivity index (χ1v) is 8.61. The van der Waals surface area contributed by atoms with Gasteiger partial charge in [0.25, 0.3) is 0 Å². The average Bonchev–Trinajstić information content (AvgIpc) is 2.54. The zero-order valence-electron chi connectivity index (χ0n) is 13.7. The van der Waals surface area contributed by atoms with Gasteiger partial charge in [-0.2, -0.15) is 15.0 Å². The summed E-state index contributed by atoms with van der Waals surface area (Å²) in [5.74, 6) is 1.98. The fraction of sp³-hybridized carbons (Fsp3) is 0.167. The van der Waals surface area contributed by atoms with Gasteiger partial charge in [-0.3, -0.25) is 0 Å². The van der Waals surface area contributed by atoms with Crippen molar-refractivity contribution in [2.45, 2.75) is 24.5 Å². The van der Waals surface area contributed by atoms with Crippen LogP contribution in [0.5, 0.6) is 0 Å². The van der Waals surface area contributed by atoms with E-state index in [0.29, 0.717) is 17.5 Å². The predicted octanol–water partition coefficient (Wildman–Crippen LogP) is 4.11. The van der Waals surface area contributed by atoms with Crippen LogP contribution in [0.15, 0.2) is 53.4 Å². The van der Waals surface area contributed by atoms with Gasteiger partial charge in [0.2, 0.25) is 11.9 Å². The van der Waals surface area contributed by atoms with Crippen LogP contribution in [0.1, 0.15) is 17.0 Å². The maximum Gasteiger partial charge on any atom is 0.232 e. The Hall–Kier alpha value is -2.60. The summed E-state index contributed by atoms with van der Waals surface area (Å²) < 4.78 is 0.